The van der Waals surface area contributed by atoms with Gasteiger partial charge in [-0.25, -0.2) is 0 Å². The first-order valence-corrected chi connectivity index (χ1v) is 7.18. The van der Waals surface area contributed by atoms with E-state index in [0.717, 1.165) is 16.8 Å². The number of benzene rings is 2. The summed E-state index contributed by atoms with van der Waals surface area (Å²) in [5.74, 6) is 0.413. The van der Waals surface area contributed by atoms with Gasteiger partial charge in [0.15, 0.2) is 5.82 Å². The van der Waals surface area contributed by atoms with Gasteiger partial charge >= 0.3 is 0 Å². The zero-order valence-corrected chi connectivity index (χ0v) is 12.2. The minimum absolute atomic E-state index is 0.0735. The third-order valence-electron chi connectivity index (χ3n) is 3.61. The number of aliphatic imine (C=N–C) groups is 1. The van der Waals surface area contributed by atoms with Crippen LogP contribution < -0.4 is 0 Å². The van der Waals surface area contributed by atoms with Gasteiger partial charge in [-0.1, -0.05) is 41.9 Å². The molecule has 0 saturated carbocycles. The summed E-state index contributed by atoms with van der Waals surface area (Å²) in [6.45, 7) is -2.14. The number of hydrogen-bond acceptors (Lipinski definition) is 3. The van der Waals surface area contributed by atoms with Crippen LogP contribution in [0.4, 0.5) is 0 Å². The molecule has 0 aliphatic carbocycles. The Balaban J connectivity index is 2.00. The molecule has 0 amide bonds. The standard InChI is InChI=1S/C17H13ClN4/c1-11-20-21-16-10-19-17(12-5-3-2-4-6-12)14-9-13(18)7-8-15(14)22(11)16/h2-9H,10H2,1H3/i1D3. The molecular weight excluding hydrogens is 296 g/mol. The minimum Gasteiger partial charge on any atom is -0.281 e. The summed E-state index contributed by atoms with van der Waals surface area (Å²) in [5.41, 5.74) is 3.10. The van der Waals surface area contributed by atoms with Crippen LogP contribution in [0.1, 0.15) is 26.9 Å². The molecule has 0 fully saturated rings. The topological polar surface area (TPSA) is 43.1 Å². The maximum atomic E-state index is 7.75. The van der Waals surface area contributed by atoms with E-state index in [2.05, 4.69) is 15.2 Å². The third kappa shape index (κ3) is 2.04. The van der Waals surface area contributed by atoms with Crippen LogP contribution in [-0.2, 0) is 6.54 Å². The van der Waals surface area contributed by atoms with Gasteiger partial charge in [-0.15, -0.1) is 10.2 Å². The van der Waals surface area contributed by atoms with Gasteiger partial charge in [0.2, 0.25) is 0 Å². The molecule has 1 aliphatic rings. The second-order valence-corrected chi connectivity index (χ2v) is 5.40. The summed E-state index contributed by atoms with van der Waals surface area (Å²) >= 11 is 6.21. The van der Waals surface area contributed by atoms with Gasteiger partial charge < -0.3 is 0 Å². The molecule has 0 atom stereocenters. The van der Waals surface area contributed by atoms with Crippen molar-refractivity contribution in [2.24, 2.45) is 4.99 Å². The normalized spacial score (nSPS) is 15.7. The lowest BCUT2D eigenvalue weighted by Crippen LogP contribution is -2.08. The van der Waals surface area contributed by atoms with Crippen LogP contribution in [-0.4, -0.2) is 20.5 Å². The van der Waals surface area contributed by atoms with Crippen molar-refractivity contribution in [1.29, 1.82) is 0 Å². The molecule has 1 aromatic heterocycles. The molecule has 0 saturated heterocycles. The summed E-state index contributed by atoms with van der Waals surface area (Å²) in [6, 6.07) is 15.0. The van der Waals surface area contributed by atoms with E-state index in [-0.39, 0.29) is 12.4 Å². The third-order valence-corrected chi connectivity index (χ3v) is 3.85. The first kappa shape index (κ1) is 10.3. The molecule has 0 bridgehead atoms. The Labute approximate surface area is 137 Å². The number of halogens is 1. The van der Waals surface area contributed by atoms with Crippen LogP contribution in [0.15, 0.2) is 53.5 Å². The largest absolute Gasteiger partial charge is 0.281 e. The minimum atomic E-state index is -2.38. The highest BCUT2D eigenvalue weighted by atomic mass is 35.5. The second kappa shape index (κ2) is 5.07. The zero-order chi connectivity index (χ0) is 17.6. The maximum Gasteiger partial charge on any atom is 0.159 e. The number of aromatic nitrogens is 3. The summed E-state index contributed by atoms with van der Waals surface area (Å²) < 4.78 is 24.8. The van der Waals surface area contributed by atoms with Crippen LogP contribution in [0.2, 0.25) is 5.02 Å². The fourth-order valence-electron chi connectivity index (χ4n) is 2.64. The Hall–Kier alpha value is -2.46. The first-order chi connectivity index (χ1) is 11.9. The summed E-state index contributed by atoms with van der Waals surface area (Å²) in [5, 5.41) is 8.47. The van der Waals surface area contributed by atoms with E-state index >= 15 is 0 Å². The first-order valence-electron chi connectivity index (χ1n) is 8.30. The van der Waals surface area contributed by atoms with Gasteiger partial charge in [-0.05, 0) is 25.1 Å². The van der Waals surface area contributed by atoms with E-state index in [9.17, 15) is 0 Å². The van der Waals surface area contributed by atoms with Crippen molar-refractivity contribution in [1.82, 2.24) is 14.8 Å². The van der Waals surface area contributed by atoms with E-state index in [1.807, 2.05) is 30.3 Å². The number of fused-ring (bicyclic) bond motifs is 3. The van der Waals surface area contributed by atoms with E-state index in [1.54, 1.807) is 22.8 Å². The Morgan fingerprint density at radius 1 is 1.14 bits per heavy atom. The van der Waals surface area contributed by atoms with Gasteiger partial charge in [-0.2, -0.15) is 0 Å². The average molecular weight is 312 g/mol. The molecule has 0 spiro atoms. The lowest BCUT2D eigenvalue weighted by molar-refractivity contribution is 0.862. The number of nitrogens with zero attached hydrogens (tertiary/aromatic N) is 4. The van der Waals surface area contributed by atoms with Gasteiger partial charge in [0.05, 0.1) is 11.4 Å². The van der Waals surface area contributed by atoms with Crippen molar-refractivity contribution in [3.63, 3.8) is 0 Å². The van der Waals surface area contributed by atoms with Crippen molar-refractivity contribution in [3.8, 4) is 5.69 Å². The predicted octanol–water partition coefficient (Wildman–Crippen LogP) is 3.58. The highest BCUT2D eigenvalue weighted by molar-refractivity contribution is 6.31. The molecule has 0 unspecified atom stereocenters. The van der Waals surface area contributed by atoms with Gasteiger partial charge in [0.1, 0.15) is 12.4 Å². The van der Waals surface area contributed by atoms with E-state index in [4.69, 9.17) is 15.7 Å². The lowest BCUT2D eigenvalue weighted by Gasteiger charge is -2.12. The fourth-order valence-corrected chi connectivity index (χ4v) is 2.82. The van der Waals surface area contributed by atoms with E-state index in [0.29, 0.717) is 16.5 Å². The molecule has 2 heterocycles. The predicted molar refractivity (Wildman–Crippen MR) is 86.9 cm³/mol. The molecule has 108 valence electrons. The molecule has 2 aromatic carbocycles. The molecule has 22 heavy (non-hydrogen) atoms. The van der Waals surface area contributed by atoms with E-state index in [1.165, 1.54) is 0 Å². The summed E-state index contributed by atoms with van der Waals surface area (Å²) in [6.07, 6.45) is 0. The molecule has 3 aromatic rings. The van der Waals surface area contributed by atoms with Gasteiger partial charge in [-0.3, -0.25) is 9.56 Å². The van der Waals surface area contributed by atoms with Crippen LogP contribution >= 0.6 is 11.6 Å². The Bertz CT molecular complexity index is 977. The summed E-state index contributed by atoms with van der Waals surface area (Å²) in [7, 11) is 0. The molecular formula is C17H13ClN4. The van der Waals surface area contributed by atoms with Gasteiger partial charge in [0, 0.05) is 20.3 Å². The van der Waals surface area contributed by atoms with Crippen molar-refractivity contribution in [2.45, 2.75) is 13.4 Å². The monoisotopic (exact) mass is 311 g/mol. The fraction of sp³-hybridized carbons (Fsp3) is 0.118. The second-order valence-electron chi connectivity index (χ2n) is 4.97. The smallest absolute Gasteiger partial charge is 0.159 e. The zero-order valence-electron chi connectivity index (χ0n) is 14.5. The maximum absolute atomic E-state index is 7.75. The van der Waals surface area contributed by atoms with E-state index < -0.39 is 6.85 Å². The molecule has 0 radical (unpaired) electrons. The van der Waals surface area contributed by atoms with Crippen LogP contribution in [0.3, 0.4) is 0 Å². The van der Waals surface area contributed by atoms with Gasteiger partial charge in [0.25, 0.3) is 0 Å². The number of hydrogen-bond donors (Lipinski definition) is 0. The van der Waals surface area contributed by atoms with Crippen molar-refractivity contribution in [2.75, 3.05) is 0 Å². The molecule has 4 rings (SSSR count). The summed E-state index contributed by atoms with van der Waals surface area (Å²) in [4.78, 5) is 4.66. The molecule has 0 N–H and O–H groups in total. The Morgan fingerprint density at radius 3 is 2.82 bits per heavy atom. The average Bonchev–Trinajstić information content (AvgIpc) is 2.94. The number of aryl methyl sites for hydroxylation is 1. The highest BCUT2D eigenvalue weighted by Gasteiger charge is 2.21. The van der Waals surface area contributed by atoms with Crippen molar-refractivity contribution in [3.05, 3.63) is 76.3 Å². The molecule has 4 nitrogen and oxygen atoms in total. The number of rotatable bonds is 1. The molecule has 5 heteroatoms. The quantitative estimate of drug-likeness (QED) is 0.689. The van der Waals surface area contributed by atoms with Crippen molar-refractivity contribution < 1.29 is 4.11 Å². The van der Waals surface area contributed by atoms with Crippen LogP contribution in [0, 0.1) is 6.85 Å². The van der Waals surface area contributed by atoms with Crippen LogP contribution in [0.5, 0.6) is 0 Å². The molecule has 1 aliphatic heterocycles. The SMILES string of the molecule is [2H]C([2H])([2H])c1nnc2n1-c1ccc(Cl)cc1C(c1ccccc1)=NC2. The Kier molecular flexibility index (Phi) is 2.37. The highest BCUT2D eigenvalue weighted by Crippen LogP contribution is 2.27. The van der Waals surface area contributed by atoms with Crippen molar-refractivity contribution >= 4 is 17.3 Å². The lowest BCUT2D eigenvalue weighted by atomic mass is 10.0. The van der Waals surface area contributed by atoms with Crippen LogP contribution in [0.25, 0.3) is 5.69 Å². The Morgan fingerprint density at radius 2 is 2.00 bits per heavy atom.